The molecule has 3 unspecified atom stereocenters. The van der Waals surface area contributed by atoms with Gasteiger partial charge in [-0.25, -0.2) is 4.79 Å². The predicted molar refractivity (Wildman–Crippen MR) is 96.0 cm³/mol. The van der Waals surface area contributed by atoms with Crippen LogP contribution in [0.5, 0.6) is 0 Å². The summed E-state index contributed by atoms with van der Waals surface area (Å²) >= 11 is 0. The molecule has 2 saturated carbocycles. The molecule has 2 heteroatoms. The zero-order chi connectivity index (χ0) is 16.7. The largest absolute Gasteiger partial charge is 0.456 e. The summed E-state index contributed by atoms with van der Waals surface area (Å²) < 4.78 is 5.93. The fraction of sp³-hybridized carbons (Fsp3) is 0.591. The summed E-state index contributed by atoms with van der Waals surface area (Å²) in [6, 6.07) is 8.17. The molecule has 0 heterocycles. The number of fused-ring (bicyclic) bond motifs is 2. The zero-order valence-corrected chi connectivity index (χ0v) is 14.8. The van der Waals surface area contributed by atoms with Crippen LogP contribution in [0.15, 0.2) is 36.4 Å². The Morgan fingerprint density at radius 3 is 2.58 bits per heavy atom. The third-order valence-electron chi connectivity index (χ3n) is 6.52. The Morgan fingerprint density at radius 2 is 1.92 bits per heavy atom. The third-order valence-corrected chi connectivity index (χ3v) is 6.52. The Labute approximate surface area is 145 Å². The van der Waals surface area contributed by atoms with E-state index in [1.165, 1.54) is 44.1 Å². The molecule has 0 spiro atoms. The van der Waals surface area contributed by atoms with Crippen molar-refractivity contribution < 1.29 is 9.53 Å². The molecule has 2 nitrogen and oxygen atoms in total. The van der Waals surface area contributed by atoms with Gasteiger partial charge in [-0.2, -0.15) is 0 Å². The van der Waals surface area contributed by atoms with Gasteiger partial charge in [-0.15, -0.1) is 0 Å². The van der Waals surface area contributed by atoms with Crippen LogP contribution in [0.4, 0.5) is 0 Å². The van der Waals surface area contributed by atoms with Crippen LogP contribution in [0.3, 0.4) is 0 Å². The second kappa shape index (κ2) is 6.06. The van der Waals surface area contributed by atoms with Gasteiger partial charge in [-0.05, 0) is 80.9 Å². The summed E-state index contributed by atoms with van der Waals surface area (Å²) in [5.41, 5.74) is 1.66. The molecule has 0 aromatic heterocycles. The third kappa shape index (κ3) is 2.92. The van der Waals surface area contributed by atoms with Crippen molar-refractivity contribution in [3.63, 3.8) is 0 Å². The average Bonchev–Trinajstić information content (AvgIpc) is 3.31. The lowest BCUT2D eigenvalue weighted by Crippen LogP contribution is -2.35. The van der Waals surface area contributed by atoms with E-state index in [1.807, 2.05) is 12.1 Å². The number of allylic oxidation sites excluding steroid dienone is 2. The fourth-order valence-corrected chi connectivity index (χ4v) is 5.06. The van der Waals surface area contributed by atoms with Crippen LogP contribution in [0.2, 0.25) is 0 Å². The number of esters is 1. The van der Waals surface area contributed by atoms with E-state index in [0.29, 0.717) is 23.3 Å². The highest BCUT2D eigenvalue weighted by atomic mass is 16.6. The maximum absolute atomic E-state index is 12.7. The van der Waals surface area contributed by atoms with Crippen molar-refractivity contribution in [2.45, 2.75) is 63.9 Å². The summed E-state index contributed by atoms with van der Waals surface area (Å²) in [5, 5.41) is 0. The normalized spacial score (nSPS) is 29.3. The molecule has 3 aliphatic rings. The summed E-state index contributed by atoms with van der Waals surface area (Å²) in [4.78, 5) is 12.7. The minimum absolute atomic E-state index is 0.160. The summed E-state index contributed by atoms with van der Waals surface area (Å²) in [6.45, 7) is 4.15. The lowest BCUT2D eigenvalue weighted by atomic mass is 9.86. The van der Waals surface area contributed by atoms with Crippen molar-refractivity contribution in [3.05, 3.63) is 47.5 Å². The minimum atomic E-state index is -0.362. The van der Waals surface area contributed by atoms with Gasteiger partial charge in [-0.3, -0.25) is 0 Å². The molecule has 3 atom stereocenters. The quantitative estimate of drug-likeness (QED) is 0.540. The predicted octanol–water partition coefficient (Wildman–Crippen LogP) is 5.49. The molecule has 1 aromatic carbocycles. The number of ether oxygens (including phenoxy) is 1. The molecule has 1 aromatic rings. The van der Waals surface area contributed by atoms with Crippen LogP contribution in [-0.2, 0) is 4.74 Å². The maximum Gasteiger partial charge on any atom is 0.338 e. The van der Waals surface area contributed by atoms with Gasteiger partial charge >= 0.3 is 5.97 Å². The maximum atomic E-state index is 12.7. The summed E-state index contributed by atoms with van der Waals surface area (Å²) in [6.07, 6.45) is 12.1. The highest BCUT2D eigenvalue weighted by molar-refractivity contribution is 5.90. The molecule has 128 valence electrons. The molecule has 0 N–H and O–H groups in total. The molecule has 3 aliphatic carbocycles. The fourth-order valence-electron chi connectivity index (χ4n) is 5.06. The van der Waals surface area contributed by atoms with Crippen LogP contribution in [0.1, 0.15) is 74.2 Å². The Kier molecular flexibility index (Phi) is 4.02. The molecule has 2 bridgehead atoms. The molecule has 0 aliphatic heterocycles. The number of hydrogen-bond donors (Lipinski definition) is 0. The summed E-state index contributed by atoms with van der Waals surface area (Å²) in [7, 11) is 0. The first kappa shape index (κ1) is 15.9. The number of hydrogen-bond acceptors (Lipinski definition) is 2. The van der Waals surface area contributed by atoms with E-state index in [2.05, 4.69) is 38.1 Å². The lowest BCUT2D eigenvalue weighted by Gasteiger charge is -2.31. The van der Waals surface area contributed by atoms with Crippen molar-refractivity contribution >= 4 is 5.97 Å². The van der Waals surface area contributed by atoms with Crippen LogP contribution in [0.25, 0.3) is 0 Å². The van der Waals surface area contributed by atoms with Crippen molar-refractivity contribution in [1.82, 2.24) is 0 Å². The SMILES string of the molecule is CC(C)(OC(=O)c1cccc(C2CC3C=CC2C3)c1)C1CCCC1. The first-order chi connectivity index (χ1) is 11.5. The number of rotatable bonds is 4. The number of benzene rings is 1. The Bertz CT molecular complexity index is 652. The van der Waals surface area contributed by atoms with Crippen molar-refractivity contribution in [3.8, 4) is 0 Å². The molecule has 2 fully saturated rings. The van der Waals surface area contributed by atoms with Gasteiger partial charge in [0.05, 0.1) is 5.56 Å². The smallest absolute Gasteiger partial charge is 0.338 e. The van der Waals surface area contributed by atoms with Gasteiger partial charge in [0.2, 0.25) is 0 Å². The van der Waals surface area contributed by atoms with E-state index < -0.39 is 0 Å². The Balaban J connectivity index is 1.49. The molecule has 24 heavy (non-hydrogen) atoms. The van der Waals surface area contributed by atoms with E-state index in [9.17, 15) is 4.79 Å². The second-order valence-electron chi connectivity index (χ2n) is 8.49. The summed E-state index contributed by atoms with van der Waals surface area (Å²) in [5.74, 6) is 2.33. The topological polar surface area (TPSA) is 26.3 Å². The van der Waals surface area contributed by atoms with Gasteiger partial charge in [0.25, 0.3) is 0 Å². The van der Waals surface area contributed by atoms with Crippen molar-refractivity contribution in [2.24, 2.45) is 17.8 Å². The van der Waals surface area contributed by atoms with E-state index in [4.69, 9.17) is 4.74 Å². The van der Waals surface area contributed by atoms with Crippen LogP contribution in [0, 0.1) is 17.8 Å². The van der Waals surface area contributed by atoms with Crippen LogP contribution in [-0.4, -0.2) is 11.6 Å². The minimum Gasteiger partial charge on any atom is -0.456 e. The number of carbonyl (C=O) groups excluding carboxylic acids is 1. The van der Waals surface area contributed by atoms with Crippen LogP contribution < -0.4 is 0 Å². The van der Waals surface area contributed by atoms with Crippen molar-refractivity contribution in [1.29, 1.82) is 0 Å². The van der Waals surface area contributed by atoms with Crippen molar-refractivity contribution in [2.75, 3.05) is 0 Å². The lowest BCUT2D eigenvalue weighted by molar-refractivity contribution is -0.0285. The van der Waals surface area contributed by atoms with Gasteiger partial charge < -0.3 is 4.74 Å². The van der Waals surface area contributed by atoms with E-state index in [-0.39, 0.29) is 11.6 Å². The van der Waals surface area contributed by atoms with E-state index in [0.717, 1.165) is 5.92 Å². The standard InChI is InChI=1S/C22H28O2/c1-22(2,19-8-3-4-9-19)24-21(23)18-7-5-6-16(14-18)20-13-15-10-11-17(20)12-15/h5-7,10-11,14-15,17,19-20H,3-4,8-9,12-13H2,1-2H3. The molecular weight excluding hydrogens is 296 g/mol. The molecule has 0 radical (unpaired) electrons. The monoisotopic (exact) mass is 324 g/mol. The first-order valence-corrected chi connectivity index (χ1v) is 9.54. The van der Waals surface area contributed by atoms with Gasteiger partial charge in [0.1, 0.15) is 5.60 Å². The van der Waals surface area contributed by atoms with Gasteiger partial charge in [0.15, 0.2) is 0 Å². The first-order valence-electron chi connectivity index (χ1n) is 9.54. The second-order valence-corrected chi connectivity index (χ2v) is 8.49. The molecular formula is C22H28O2. The zero-order valence-electron chi connectivity index (χ0n) is 14.8. The molecule has 4 rings (SSSR count). The van der Waals surface area contributed by atoms with Gasteiger partial charge in [0, 0.05) is 0 Å². The Morgan fingerprint density at radius 1 is 1.12 bits per heavy atom. The average molecular weight is 324 g/mol. The highest BCUT2D eigenvalue weighted by Crippen LogP contribution is 2.48. The van der Waals surface area contributed by atoms with E-state index >= 15 is 0 Å². The van der Waals surface area contributed by atoms with Crippen LogP contribution >= 0.6 is 0 Å². The molecule has 0 saturated heterocycles. The van der Waals surface area contributed by atoms with E-state index in [1.54, 1.807) is 0 Å². The van der Waals surface area contributed by atoms with Gasteiger partial charge in [-0.1, -0.05) is 37.1 Å². The molecule has 0 amide bonds. The number of carbonyl (C=O) groups is 1. The Hall–Kier alpha value is -1.57. The highest BCUT2D eigenvalue weighted by Gasteiger charge is 2.37.